The highest BCUT2D eigenvalue weighted by molar-refractivity contribution is 9.11. The van der Waals surface area contributed by atoms with Crippen LogP contribution in [-0.2, 0) is 6.54 Å². The maximum Gasteiger partial charge on any atom is 0.186 e. The van der Waals surface area contributed by atoms with Crippen molar-refractivity contribution in [3.05, 3.63) is 45.0 Å². The zero-order chi connectivity index (χ0) is 13.2. The highest BCUT2D eigenvalue weighted by atomic mass is 79.9. The maximum absolute atomic E-state index is 12.2. The molecule has 3 nitrogen and oxygen atoms in total. The third-order valence-corrected chi connectivity index (χ3v) is 4.86. The Kier molecular flexibility index (Phi) is 3.86. The molecule has 1 aliphatic rings. The molecule has 0 spiro atoms. The third-order valence-electron chi connectivity index (χ3n) is 3.20. The van der Waals surface area contributed by atoms with Crippen LogP contribution in [-0.4, -0.2) is 23.3 Å². The van der Waals surface area contributed by atoms with Gasteiger partial charge < -0.3 is 4.42 Å². The van der Waals surface area contributed by atoms with Crippen molar-refractivity contribution in [2.45, 2.75) is 25.4 Å². The molecule has 0 aromatic carbocycles. The summed E-state index contributed by atoms with van der Waals surface area (Å²) in [5.41, 5.74) is 0. The lowest BCUT2D eigenvalue weighted by atomic mass is 10.2. The van der Waals surface area contributed by atoms with Crippen molar-refractivity contribution in [3.63, 3.8) is 0 Å². The van der Waals surface area contributed by atoms with E-state index in [0.717, 1.165) is 21.0 Å². The molecule has 0 atom stereocenters. The largest absolute Gasteiger partial charge is 0.468 e. The van der Waals surface area contributed by atoms with E-state index in [1.165, 1.54) is 24.2 Å². The van der Waals surface area contributed by atoms with E-state index in [-0.39, 0.29) is 5.78 Å². The zero-order valence-corrected chi connectivity index (χ0v) is 12.7. The van der Waals surface area contributed by atoms with Crippen LogP contribution in [0.5, 0.6) is 0 Å². The van der Waals surface area contributed by atoms with E-state index in [2.05, 4.69) is 20.8 Å². The minimum Gasteiger partial charge on any atom is -0.468 e. The first-order valence-corrected chi connectivity index (χ1v) is 7.88. The summed E-state index contributed by atoms with van der Waals surface area (Å²) in [4.78, 5) is 15.3. The van der Waals surface area contributed by atoms with Gasteiger partial charge in [0, 0.05) is 6.04 Å². The normalized spacial score (nSPS) is 15.1. The topological polar surface area (TPSA) is 33.5 Å². The average molecular weight is 340 g/mol. The third kappa shape index (κ3) is 3.35. The number of nitrogens with zero attached hydrogens (tertiary/aromatic N) is 1. The highest BCUT2D eigenvalue weighted by Gasteiger charge is 2.31. The smallest absolute Gasteiger partial charge is 0.186 e. The molecule has 0 saturated heterocycles. The molecule has 0 amide bonds. The van der Waals surface area contributed by atoms with Crippen molar-refractivity contribution in [2.24, 2.45) is 0 Å². The zero-order valence-electron chi connectivity index (χ0n) is 10.3. The summed E-state index contributed by atoms with van der Waals surface area (Å²) in [5.74, 6) is 1.11. The van der Waals surface area contributed by atoms with Crippen molar-refractivity contribution < 1.29 is 9.21 Å². The number of furan rings is 1. The lowest BCUT2D eigenvalue weighted by Crippen LogP contribution is -2.31. The Hall–Kier alpha value is -0.910. The standard InChI is InChI=1S/C14H14BrNO2S/c15-14-6-5-13(19-14)12(17)9-16(10-3-4-10)8-11-2-1-7-18-11/h1-2,5-7,10H,3-4,8-9H2. The minimum absolute atomic E-state index is 0.189. The molecular formula is C14H14BrNO2S. The molecule has 100 valence electrons. The summed E-state index contributed by atoms with van der Waals surface area (Å²) in [6.07, 6.45) is 4.04. The Morgan fingerprint density at radius 3 is 2.84 bits per heavy atom. The van der Waals surface area contributed by atoms with Gasteiger partial charge in [-0.15, -0.1) is 11.3 Å². The number of ketones is 1. The lowest BCUT2D eigenvalue weighted by Gasteiger charge is -2.19. The summed E-state index contributed by atoms with van der Waals surface area (Å²) < 4.78 is 6.38. The number of halogens is 1. The van der Waals surface area contributed by atoms with E-state index < -0.39 is 0 Å². The number of rotatable bonds is 6. The van der Waals surface area contributed by atoms with E-state index in [4.69, 9.17) is 4.42 Å². The molecule has 0 bridgehead atoms. The number of carbonyl (C=O) groups excluding carboxylic acids is 1. The van der Waals surface area contributed by atoms with Gasteiger partial charge in [0.1, 0.15) is 5.76 Å². The number of Topliss-reactive ketones (excluding diaryl/α,β-unsaturated/α-hetero) is 1. The quantitative estimate of drug-likeness (QED) is 0.747. The Labute approximate surface area is 124 Å². The van der Waals surface area contributed by atoms with Crippen LogP contribution >= 0.6 is 27.3 Å². The lowest BCUT2D eigenvalue weighted by molar-refractivity contribution is 0.0917. The molecule has 2 aromatic rings. The van der Waals surface area contributed by atoms with Crippen LogP contribution in [0, 0.1) is 0 Å². The Balaban J connectivity index is 1.66. The number of hydrogen-bond acceptors (Lipinski definition) is 4. The predicted molar refractivity (Wildman–Crippen MR) is 78.5 cm³/mol. The van der Waals surface area contributed by atoms with Crippen LogP contribution in [0.4, 0.5) is 0 Å². The minimum atomic E-state index is 0.189. The number of hydrogen-bond donors (Lipinski definition) is 0. The second-order valence-electron chi connectivity index (χ2n) is 4.74. The van der Waals surface area contributed by atoms with Crippen molar-refractivity contribution in [2.75, 3.05) is 6.54 Å². The molecule has 0 aliphatic heterocycles. The van der Waals surface area contributed by atoms with Gasteiger partial charge in [-0.1, -0.05) is 0 Å². The summed E-state index contributed by atoms with van der Waals surface area (Å²) in [6, 6.07) is 8.19. The molecule has 1 fully saturated rings. The second-order valence-corrected chi connectivity index (χ2v) is 7.21. The monoisotopic (exact) mass is 339 g/mol. The first-order chi connectivity index (χ1) is 9.22. The Bertz CT molecular complexity index is 560. The van der Waals surface area contributed by atoms with Crippen molar-refractivity contribution in [3.8, 4) is 0 Å². The molecule has 1 aliphatic carbocycles. The van der Waals surface area contributed by atoms with Crippen LogP contribution in [0.1, 0.15) is 28.3 Å². The first-order valence-electron chi connectivity index (χ1n) is 6.27. The molecule has 3 rings (SSSR count). The van der Waals surface area contributed by atoms with Crippen molar-refractivity contribution in [1.29, 1.82) is 0 Å². The van der Waals surface area contributed by atoms with E-state index >= 15 is 0 Å². The number of carbonyl (C=O) groups is 1. The summed E-state index contributed by atoms with van der Waals surface area (Å²) in [7, 11) is 0. The van der Waals surface area contributed by atoms with E-state index in [0.29, 0.717) is 12.6 Å². The summed E-state index contributed by atoms with van der Waals surface area (Å²) in [5, 5.41) is 0. The van der Waals surface area contributed by atoms with E-state index in [1.54, 1.807) is 6.26 Å². The second kappa shape index (κ2) is 5.61. The van der Waals surface area contributed by atoms with Crippen LogP contribution in [0.15, 0.2) is 38.7 Å². The van der Waals surface area contributed by atoms with Gasteiger partial charge in [-0.25, -0.2) is 0 Å². The van der Waals surface area contributed by atoms with Gasteiger partial charge in [-0.2, -0.15) is 0 Å². The van der Waals surface area contributed by atoms with E-state index in [9.17, 15) is 4.79 Å². The molecule has 0 unspecified atom stereocenters. The summed E-state index contributed by atoms with van der Waals surface area (Å²) in [6.45, 7) is 1.19. The Morgan fingerprint density at radius 2 is 2.26 bits per heavy atom. The van der Waals surface area contributed by atoms with Crippen LogP contribution in [0.3, 0.4) is 0 Å². The van der Waals surface area contributed by atoms with Crippen molar-refractivity contribution >= 4 is 33.0 Å². The van der Waals surface area contributed by atoms with Gasteiger partial charge in [0.05, 0.1) is 28.0 Å². The van der Waals surface area contributed by atoms with Gasteiger partial charge in [-0.3, -0.25) is 9.69 Å². The molecule has 2 heterocycles. The molecule has 0 radical (unpaired) electrons. The Morgan fingerprint density at radius 1 is 1.42 bits per heavy atom. The first kappa shape index (κ1) is 13.1. The van der Waals surface area contributed by atoms with E-state index in [1.807, 2.05) is 24.3 Å². The fourth-order valence-electron chi connectivity index (χ4n) is 2.08. The molecule has 5 heteroatoms. The van der Waals surface area contributed by atoms with Crippen LogP contribution < -0.4 is 0 Å². The van der Waals surface area contributed by atoms with Gasteiger partial charge in [0.2, 0.25) is 0 Å². The SMILES string of the molecule is O=C(CN(Cc1ccco1)C1CC1)c1ccc(Br)s1. The van der Waals surface area contributed by atoms with Gasteiger partial charge in [-0.05, 0) is 53.0 Å². The molecule has 1 saturated carbocycles. The van der Waals surface area contributed by atoms with Gasteiger partial charge in [0.25, 0.3) is 0 Å². The molecule has 19 heavy (non-hydrogen) atoms. The summed E-state index contributed by atoms with van der Waals surface area (Å²) >= 11 is 4.89. The molecule has 0 N–H and O–H groups in total. The average Bonchev–Trinajstić information content (AvgIpc) is 2.94. The van der Waals surface area contributed by atoms with Crippen molar-refractivity contribution in [1.82, 2.24) is 4.90 Å². The van der Waals surface area contributed by atoms with Gasteiger partial charge in [0.15, 0.2) is 5.78 Å². The van der Waals surface area contributed by atoms with Gasteiger partial charge >= 0.3 is 0 Å². The maximum atomic E-state index is 12.2. The van der Waals surface area contributed by atoms with Crippen LogP contribution in [0.25, 0.3) is 0 Å². The predicted octanol–water partition coefficient (Wildman–Crippen LogP) is 3.95. The van der Waals surface area contributed by atoms with Crippen LogP contribution in [0.2, 0.25) is 0 Å². The molecular weight excluding hydrogens is 326 g/mol. The fraction of sp³-hybridized carbons (Fsp3) is 0.357. The fourth-order valence-corrected chi connectivity index (χ4v) is 3.40. The molecule has 2 aromatic heterocycles. The highest BCUT2D eigenvalue weighted by Crippen LogP contribution is 2.29. The number of thiophene rings is 1.